The van der Waals surface area contributed by atoms with Crippen LogP contribution in [0.1, 0.15) is 25.8 Å². The quantitative estimate of drug-likeness (QED) is 0.518. The lowest BCUT2D eigenvalue weighted by Crippen LogP contribution is -2.52. The summed E-state index contributed by atoms with van der Waals surface area (Å²) < 4.78 is 39.3. The molecule has 0 unspecified atom stereocenters. The Hall–Kier alpha value is -2.36. The second-order valence-electron chi connectivity index (χ2n) is 7.33. The molecule has 0 radical (unpaired) electrons. The van der Waals surface area contributed by atoms with E-state index in [0.29, 0.717) is 18.5 Å². The van der Waals surface area contributed by atoms with Crippen molar-refractivity contribution >= 4 is 50.7 Å². The fraction of sp³-hybridized carbons (Fsp3) is 0.364. The van der Waals surface area contributed by atoms with Crippen LogP contribution in [0.2, 0.25) is 10.0 Å². The summed E-state index contributed by atoms with van der Waals surface area (Å²) in [5.74, 6) is -1.40. The number of hydrogen-bond donors (Lipinski definition) is 1. The van der Waals surface area contributed by atoms with Crippen LogP contribution >= 0.6 is 23.2 Å². The zero-order chi connectivity index (χ0) is 24.8. The number of benzene rings is 2. The smallest absolute Gasteiger partial charge is 0.244 e. The molecular weight excluding hydrogens is 492 g/mol. The van der Waals surface area contributed by atoms with Crippen molar-refractivity contribution in [3.05, 3.63) is 63.9 Å². The van der Waals surface area contributed by atoms with Crippen LogP contribution in [0.15, 0.2) is 42.5 Å². The first-order valence-corrected chi connectivity index (χ1v) is 12.8. The first kappa shape index (κ1) is 26.9. The minimum Gasteiger partial charge on any atom is -0.355 e. The van der Waals surface area contributed by atoms with Crippen molar-refractivity contribution in [3.8, 4) is 0 Å². The molecule has 1 N–H and O–H groups in total. The van der Waals surface area contributed by atoms with E-state index in [1.807, 2.05) is 0 Å². The van der Waals surface area contributed by atoms with Gasteiger partial charge in [0.1, 0.15) is 18.4 Å². The average Bonchev–Trinajstić information content (AvgIpc) is 2.74. The number of halogens is 3. The third-order valence-electron chi connectivity index (χ3n) is 4.87. The van der Waals surface area contributed by atoms with Crippen LogP contribution in [0.3, 0.4) is 0 Å². The molecule has 33 heavy (non-hydrogen) atoms. The molecule has 0 saturated carbocycles. The van der Waals surface area contributed by atoms with E-state index in [2.05, 4.69) is 5.32 Å². The van der Waals surface area contributed by atoms with Gasteiger partial charge in [-0.3, -0.25) is 13.9 Å². The number of likely N-dealkylation sites (N-methyl/N-ethyl adjacent to an activating group) is 1. The van der Waals surface area contributed by atoms with Gasteiger partial charge in [0.2, 0.25) is 21.8 Å². The highest BCUT2D eigenvalue weighted by atomic mass is 35.5. The molecule has 0 spiro atoms. The zero-order valence-electron chi connectivity index (χ0n) is 18.5. The number of nitrogens with zero attached hydrogens (tertiary/aromatic N) is 2. The summed E-state index contributed by atoms with van der Waals surface area (Å²) in [5.41, 5.74) is 0.751. The molecule has 2 aromatic carbocycles. The Morgan fingerprint density at radius 1 is 1.06 bits per heavy atom. The topological polar surface area (TPSA) is 86.8 Å². The standard InChI is InChI=1S/C22H26Cl2FN3O4S/c1-4-20(22(30)26-5-2)27(13-15-6-8-16(25)9-7-15)21(29)14-28(33(3,31)32)17-10-11-18(23)19(24)12-17/h6-12,20H,4-5,13-14H2,1-3H3,(H,26,30)/t20-/m0/s1. The molecule has 0 aliphatic rings. The van der Waals surface area contributed by atoms with Crippen molar-refractivity contribution in [2.45, 2.75) is 32.9 Å². The maximum atomic E-state index is 13.4. The Morgan fingerprint density at radius 2 is 1.70 bits per heavy atom. The zero-order valence-corrected chi connectivity index (χ0v) is 20.8. The second kappa shape index (κ2) is 11.7. The van der Waals surface area contributed by atoms with Crippen LogP contribution < -0.4 is 9.62 Å². The summed E-state index contributed by atoms with van der Waals surface area (Å²) in [7, 11) is -3.88. The predicted molar refractivity (Wildman–Crippen MR) is 128 cm³/mol. The average molecular weight is 518 g/mol. The molecule has 180 valence electrons. The van der Waals surface area contributed by atoms with E-state index in [1.54, 1.807) is 13.8 Å². The van der Waals surface area contributed by atoms with Gasteiger partial charge in [0, 0.05) is 13.1 Å². The summed E-state index contributed by atoms with van der Waals surface area (Å²) in [6.07, 6.45) is 1.26. The normalized spacial score (nSPS) is 12.2. The number of carbonyl (C=O) groups excluding carboxylic acids is 2. The van der Waals surface area contributed by atoms with E-state index in [0.717, 1.165) is 10.6 Å². The van der Waals surface area contributed by atoms with Crippen LogP contribution in [0, 0.1) is 5.82 Å². The van der Waals surface area contributed by atoms with E-state index in [9.17, 15) is 22.4 Å². The minimum absolute atomic E-state index is 0.00622. The van der Waals surface area contributed by atoms with Gasteiger partial charge in [0.05, 0.1) is 22.0 Å². The summed E-state index contributed by atoms with van der Waals surface area (Å²) in [6.45, 7) is 3.30. The molecule has 0 fully saturated rings. The van der Waals surface area contributed by atoms with Crippen LogP contribution in [-0.2, 0) is 26.2 Å². The molecule has 0 aliphatic carbocycles. The van der Waals surface area contributed by atoms with Crippen LogP contribution in [0.4, 0.5) is 10.1 Å². The summed E-state index contributed by atoms with van der Waals surface area (Å²) in [5, 5.41) is 3.07. The Morgan fingerprint density at radius 3 is 2.21 bits per heavy atom. The van der Waals surface area contributed by atoms with E-state index in [-0.39, 0.29) is 28.2 Å². The summed E-state index contributed by atoms with van der Waals surface area (Å²) in [4.78, 5) is 27.4. The van der Waals surface area contributed by atoms with Gasteiger partial charge in [0.15, 0.2) is 0 Å². The lowest BCUT2D eigenvalue weighted by Gasteiger charge is -2.32. The third kappa shape index (κ3) is 7.31. The number of hydrogen-bond acceptors (Lipinski definition) is 4. The van der Waals surface area contributed by atoms with Crippen LogP contribution in [0.5, 0.6) is 0 Å². The van der Waals surface area contributed by atoms with E-state index >= 15 is 0 Å². The molecule has 0 bridgehead atoms. The first-order valence-electron chi connectivity index (χ1n) is 10.2. The van der Waals surface area contributed by atoms with Gasteiger partial charge in [0.25, 0.3) is 0 Å². The fourth-order valence-electron chi connectivity index (χ4n) is 3.25. The molecule has 2 rings (SSSR count). The maximum Gasteiger partial charge on any atom is 0.244 e. The van der Waals surface area contributed by atoms with E-state index in [4.69, 9.17) is 23.2 Å². The Labute approximate surface area is 203 Å². The van der Waals surface area contributed by atoms with Crippen LogP contribution in [-0.4, -0.2) is 50.5 Å². The highest BCUT2D eigenvalue weighted by molar-refractivity contribution is 7.92. The van der Waals surface area contributed by atoms with Gasteiger partial charge < -0.3 is 10.2 Å². The molecule has 2 aromatic rings. The van der Waals surface area contributed by atoms with Crippen molar-refractivity contribution in [3.63, 3.8) is 0 Å². The number of sulfonamides is 1. The molecule has 0 heterocycles. The van der Waals surface area contributed by atoms with Crippen molar-refractivity contribution < 1.29 is 22.4 Å². The number of carbonyl (C=O) groups is 2. The SMILES string of the molecule is CCNC(=O)[C@H](CC)N(Cc1ccc(F)cc1)C(=O)CN(c1ccc(Cl)c(Cl)c1)S(C)(=O)=O. The van der Waals surface area contributed by atoms with Crippen molar-refractivity contribution in [2.75, 3.05) is 23.7 Å². The fourth-order valence-corrected chi connectivity index (χ4v) is 4.39. The van der Waals surface area contributed by atoms with Crippen molar-refractivity contribution in [2.24, 2.45) is 0 Å². The van der Waals surface area contributed by atoms with Gasteiger partial charge in [-0.05, 0) is 49.2 Å². The first-order chi connectivity index (χ1) is 15.5. The van der Waals surface area contributed by atoms with Gasteiger partial charge in [-0.15, -0.1) is 0 Å². The molecule has 0 aliphatic heterocycles. The molecule has 2 amide bonds. The molecule has 11 heteroatoms. The molecule has 0 saturated heterocycles. The second-order valence-corrected chi connectivity index (χ2v) is 10.1. The number of rotatable bonds is 10. The van der Waals surface area contributed by atoms with Crippen molar-refractivity contribution in [1.82, 2.24) is 10.2 Å². The van der Waals surface area contributed by atoms with Crippen LogP contribution in [0.25, 0.3) is 0 Å². The molecule has 1 atom stereocenters. The number of anilines is 1. The number of amides is 2. The Balaban J connectivity index is 2.44. The van der Waals surface area contributed by atoms with Gasteiger partial charge >= 0.3 is 0 Å². The summed E-state index contributed by atoms with van der Waals surface area (Å²) in [6, 6.07) is 8.89. The minimum atomic E-state index is -3.88. The van der Waals surface area contributed by atoms with Gasteiger partial charge in [-0.1, -0.05) is 42.3 Å². The molecular formula is C22H26Cl2FN3O4S. The van der Waals surface area contributed by atoms with Gasteiger partial charge in [-0.25, -0.2) is 12.8 Å². The predicted octanol–water partition coefficient (Wildman–Crippen LogP) is 3.84. The van der Waals surface area contributed by atoms with Gasteiger partial charge in [-0.2, -0.15) is 0 Å². The Bertz CT molecular complexity index is 1100. The van der Waals surface area contributed by atoms with E-state index in [1.165, 1.54) is 47.4 Å². The summed E-state index contributed by atoms with van der Waals surface area (Å²) >= 11 is 12.0. The third-order valence-corrected chi connectivity index (χ3v) is 6.75. The van der Waals surface area contributed by atoms with Crippen molar-refractivity contribution in [1.29, 1.82) is 0 Å². The Kier molecular flexibility index (Phi) is 9.51. The lowest BCUT2D eigenvalue weighted by molar-refractivity contribution is -0.140. The lowest BCUT2D eigenvalue weighted by atomic mass is 10.1. The number of nitrogens with one attached hydrogen (secondary N) is 1. The molecule has 7 nitrogen and oxygen atoms in total. The monoisotopic (exact) mass is 517 g/mol. The molecule has 0 aromatic heterocycles. The highest BCUT2D eigenvalue weighted by Gasteiger charge is 2.31. The highest BCUT2D eigenvalue weighted by Crippen LogP contribution is 2.28. The maximum absolute atomic E-state index is 13.4. The largest absolute Gasteiger partial charge is 0.355 e. The van der Waals surface area contributed by atoms with E-state index < -0.39 is 34.3 Å².